The van der Waals surface area contributed by atoms with Crippen molar-refractivity contribution in [2.24, 2.45) is 5.92 Å². The Morgan fingerprint density at radius 3 is 2.74 bits per heavy atom. The fraction of sp³-hybridized carbons (Fsp3) is 0.625. The summed E-state index contributed by atoms with van der Waals surface area (Å²) >= 11 is 0. The lowest BCUT2D eigenvalue weighted by Crippen LogP contribution is -2.19. The van der Waals surface area contributed by atoms with E-state index < -0.39 is 0 Å². The lowest BCUT2D eigenvalue weighted by Gasteiger charge is -2.19. The van der Waals surface area contributed by atoms with Gasteiger partial charge < -0.3 is 14.7 Å². The molecule has 1 saturated heterocycles. The van der Waals surface area contributed by atoms with Crippen LogP contribution in [0.25, 0.3) is 0 Å². The molecule has 3 heteroatoms. The van der Waals surface area contributed by atoms with Crippen LogP contribution < -0.4 is 9.64 Å². The van der Waals surface area contributed by atoms with Gasteiger partial charge in [-0.2, -0.15) is 0 Å². The van der Waals surface area contributed by atoms with E-state index in [1.807, 2.05) is 26.0 Å². The summed E-state index contributed by atoms with van der Waals surface area (Å²) in [6.45, 7) is 6.82. The van der Waals surface area contributed by atoms with Crippen molar-refractivity contribution in [3.05, 3.63) is 24.3 Å². The van der Waals surface area contributed by atoms with E-state index in [1.54, 1.807) is 0 Å². The maximum Gasteiger partial charge on any atom is 0.119 e. The first-order valence-electron chi connectivity index (χ1n) is 7.35. The topological polar surface area (TPSA) is 32.7 Å². The van der Waals surface area contributed by atoms with Crippen LogP contribution in [0.15, 0.2) is 24.3 Å². The molecule has 19 heavy (non-hydrogen) atoms. The van der Waals surface area contributed by atoms with E-state index in [2.05, 4.69) is 17.0 Å². The number of hydrogen-bond donors (Lipinski definition) is 1. The fourth-order valence-corrected chi connectivity index (χ4v) is 2.70. The van der Waals surface area contributed by atoms with Crippen LogP contribution in [0.2, 0.25) is 0 Å². The molecule has 0 saturated carbocycles. The Kier molecular flexibility index (Phi) is 5.08. The Balaban J connectivity index is 1.86. The number of rotatable bonds is 6. The first-order valence-corrected chi connectivity index (χ1v) is 7.35. The van der Waals surface area contributed by atoms with Crippen molar-refractivity contribution in [3.8, 4) is 5.75 Å². The van der Waals surface area contributed by atoms with Crippen molar-refractivity contribution in [1.82, 2.24) is 0 Å². The summed E-state index contributed by atoms with van der Waals surface area (Å²) in [5.74, 6) is 1.66. The molecule has 0 radical (unpaired) electrons. The van der Waals surface area contributed by atoms with Gasteiger partial charge >= 0.3 is 0 Å². The molecule has 0 aliphatic carbocycles. The molecule has 1 aromatic rings. The second kappa shape index (κ2) is 6.80. The Morgan fingerprint density at radius 2 is 2.11 bits per heavy atom. The largest absolute Gasteiger partial charge is 0.494 e. The van der Waals surface area contributed by atoms with E-state index in [0.29, 0.717) is 6.61 Å². The van der Waals surface area contributed by atoms with Crippen molar-refractivity contribution in [1.29, 1.82) is 0 Å². The van der Waals surface area contributed by atoms with Crippen LogP contribution in [0, 0.1) is 5.92 Å². The third-order valence-electron chi connectivity index (χ3n) is 3.79. The summed E-state index contributed by atoms with van der Waals surface area (Å²) in [6, 6.07) is 8.37. The molecule has 0 spiro atoms. The zero-order chi connectivity index (χ0) is 13.7. The molecular weight excluding hydrogens is 238 g/mol. The average Bonchev–Trinajstić information content (AvgIpc) is 2.86. The van der Waals surface area contributed by atoms with E-state index in [1.165, 1.54) is 12.1 Å². The SMILES string of the molecule is CCOc1ccc(N2CCC(CCC(C)O)C2)cc1. The fourth-order valence-electron chi connectivity index (χ4n) is 2.70. The lowest BCUT2D eigenvalue weighted by molar-refractivity contribution is 0.175. The van der Waals surface area contributed by atoms with Gasteiger partial charge in [0, 0.05) is 18.8 Å². The Bertz CT molecular complexity index is 375. The molecule has 0 amide bonds. The highest BCUT2D eigenvalue weighted by atomic mass is 16.5. The molecule has 106 valence electrons. The van der Waals surface area contributed by atoms with Gasteiger partial charge in [-0.05, 0) is 63.3 Å². The normalized spacial score (nSPS) is 20.6. The van der Waals surface area contributed by atoms with Crippen LogP contribution in [-0.4, -0.2) is 30.9 Å². The van der Waals surface area contributed by atoms with E-state index >= 15 is 0 Å². The molecule has 1 aromatic carbocycles. The average molecular weight is 263 g/mol. The lowest BCUT2D eigenvalue weighted by atomic mass is 10.0. The summed E-state index contributed by atoms with van der Waals surface area (Å²) < 4.78 is 5.46. The second-order valence-electron chi connectivity index (χ2n) is 5.45. The van der Waals surface area contributed by atoms with Gasteiger partial charge in [-0.1, -0.05) is 0 Å². The Morgan fingerprint density at radius 1 is 1.37 bits per heavy atom. The summed E-state index contributed by atoms with van der Waals surface area (Å²) in [5, 5.41) is 9.35. The number of anilines is 1. The van der Waals surface area contributed by atoms with Gasteiger partial charge in [0.15, 0.2) is 0 Å². The second-order valence-corrected chi connectivity index (χ2v) is 5.45. The van der Waals surface area contributed by atoms with Crippen molar-refractivity contribution < 1.29 is 9.84 Å². The van der Waals surface area contributed by atoms with Crippen LogP contribution in [0.5, 0.6) is 5.75 Å². The Labute approximate surface area is 116 Å². The van der Waals surface area contributed by atoms with Crippen molar-refractivity contribution in [2.75, 3.05) is 24.6 Å². The van der Waals surface area contributed by atoms with Crippen LogP contribution >= 0.6 is 0 Å². The summed E-state index contributed by atoms with van der Waals surface area (Å²) in [5.41, 5.74) is 1.28. The minimum atomic E-state index is -0.167. The van der Waals surface area contributed by atoms with Gasteiger partial charge in [-0.25, -0.2) is 0 Å². The standard InChI is InChI=1S/C16H25NO2/c1-3-19-16-8-6-15(7-9-16)17-11-10-14(12-17)5-4-13(2)18/h6-9,13-14,18H,3-5,10-12H2,1-2H3. The van der Waals surface area contributed by atoms with Crippen molar-refractivity contribution in [2.45, 2.75) is 39.2 Å². The minimum absolute atomic E-state index is 0.167. The van der Waals surface area contributed by atoms with Crippen LogP contribution in [0.3, 0.4) is 0 Å². The first-order chi connectivity index (χ1) is 9.19. The van der Waals surface area contributed by atoms with E-state index in [9.17, 15) is 5.11 Å². The summed E-state index contributed by atoms with van der Waals surface area (Å²) in [6.07, 6.45) is 3.12. The number of ether oxygens (including phenoxy) is 1. The summed E-state index contributed by atoms with van der Waals surface area (Å²) in [7, 11) is 0. The Hall–Kier alpha value is -1.22. The highest BCUT2D eigenvalue weighted by Crippen LogP contribution is 2.28. The van der Waals surface area contributed by atoms with Crippen LogP contribution in [0.4, 0.5) is 5.69 Å². The van der Waals surface area contributed by atoms with Crippen molar-refractivity contribution in [3.63, 3.8) is 0 Å². The zero-order valence-corrected chi connectivity index (χ0v) is 12.0. The van der Waals surface area contributed by atoms with Crippen LogP contribution in [0.1, 0.15) is 33.1 Å². The molecule has 0 aromatic heterocycles. The molecule has 3 nitrogen and oxygen atoms in total. The highest BCUT2D eigenvalue weighted by molar-refractivity contribution is 5.49. The van der Waals surface area contributed by atoms with Gasteiger partial charge in [0.25, 0.3) is 0 Å². The van der Waals surface area contributed by atoms with Gasteiger partial charge in [0.1, 0.15) is 5.75 Å². The third kappa shape index (κ3) is 4.13. The molecule has 2 unspecified atom stereocenters. The number of aliphatic hydroxyl groups is 1. The predicted molar refractivity (Wildman–Crippen MR) is 78.8 cm³/mol. The van der Waals surface area contributed by atoms with Gasteiger partial charge in [0.05, 0.1) is 12.7 Å². The molecule has 1 heterocycles. The zero-order valence-electron chi connectivity index (χ0n) is 12.0. The predicted octanol–water partition coefficient (Wildman–Crippen LogP) is 3.07. The number of aliphatic hydroxyl groups excluding tert-OH is 1. The van der Waals surface area contributed by atoms with Gasteiger partial charge in [0.2, 0.25) is 0 Å². The molecule has 1 aliphatic heterocycles. The maximum atomic E-state index is 9.35. The first kappa shape index (κ1) is 14.2. The molecule has 1 aliphatic rings. The molecule has 2 atom stereocenters. The number of hydrogen-bond acceptors (Lipinski definition) is 3. The monoisotopic (exact) mass is 263 g/mol. The number of nitrogens with zero attached hydrogens (tertiary/aromatic N) is 1. The maximum absolute atomic E-state index is 9.35. The minimum Gasteiger partial charge on any atom is -0.494 e. The number of benzene rings is 1. The van der Waals surface area contributed by atoms with Gasteiger partial charge in [-0.3, -0.25) is 0 Å². The third-order valence-corrected chi connectivity index (χ3v) is 3.79. The van der Waals surface area contributed by atoms with Crippen molar-refractivity contribution >= 4 is 5.69 Å². The van der Waals surface area contributed by atoms with E-state index in [4.69, 9.17) is 4.74 Å². The smallest absolute Gasteiger partial charge is 0.119 e. The quantitative estimate of drug-likeness (QED) is 0.856. The van der Waals surface area contributed by atoms with E-state index in [-0.39, 0.29) is 6.10 Å². The molecule has 2 rings (SSSR count). The molecule has 0 bridgehead atoms. The summed E-state index contributed by atoms with van der Waals surface area (Å²) in [4.78, 5) is 2.43. The molecule has 1 N–H and O–H groups in total. The molecular formula is C16H25NO2. The van der Waals surface area contributed by atoms with Gasteiger partial charge in [-0.15, -0.1) is 0 Å². The molecule has 1 fully saturated rings. The van der Waals surface area contributed by atoms with E-state index in [0.717, 1.165) is 37.6 Å². The highest BCUT2D eigenvalue weighted by Gasteiger charge is 2.22. The van der Waals surface area contributed by atoms with Crippen LogP contribution in [-0.2, 0) is 0 Å².